The molecular weight excluding hydrogens is 323 g/mol. The van der Waals surface area contributed by atoms with Crippen LogP contribution in [0.25, 0.3) is 11.5 Å². The zero-order chi connectivity index (χ0) is 17.5. The molecule has 1 aromatic carbocycles. The summed E-state index contributed by atoms with van der Waals surface area (Å²) in [6.45, 7) is 0.497. The molecule has 0 fully saturated rings. The van der Waals surface area contributed by atoms with Gasteiger partial charge in [0.1, 0.15) is 5.82 Å². The van der Waals surface area contributed by atoms with Gasteiger partial charge >= 0.3 is 0 Å². The quantitative estimate of drug-likeness (QED) is 0.715. The largest absolute Gasteiger partial charge is 0.421 e. The Hall–Kier alpha value is -3.09. The number of pyridine rings is 1. The minimum atomic E-state index is -0.265. The van der Waals surface area contributed by atoms with E-state index in [-0.39, 0.29) is 18.1 Å². The van der Waals surface area contributed by atoms with E-state index >= 15 is 0 Å². The first kappa shape index (κ1) is 16.8. The number of hydrogen-bond donors (Lipinski definition) is 1. The molecule has 3 rings (SSSR count). The molecule has 0 atom stereocenters. The molecule has 0 aliphatic carbocycles. The van der Waals surface area contributed by atoms with Crippen molar-refractivity contribution in [3.63, 3.8) is 0 Å². The molecule has 0 bridgehead atoms. The predicted octanol–water partition coefficient (Wildman–Crippen LogP) is 2.56. The van der Waals surface area contributed by atoms with Gasteiger partial charge in [0.2, 0.25) is 17.7 Å². The Morgan fingerprint density at radius 1 is 1.04 bits per heavy atom. The third-order valence-corrected chi connectivity index (χ3v) is 3.61. The van der Waals surface area contributed by atoms with E-state index in [1.807, 2.05) is 0 Å². The number of benzene rings is 1. The van der Waals surface area contributed by atoms with Gasteiger partial charge in [0.05, 0.1) is 0 Å². The highest BCUT2D eigenvalue weighted by Gasteiger charge is 2.10. The molecule has 128 valence electrons. The van der Waals surface area contributed by atoms with Gasteiger partial charge in [0.15, 0.2) is 0 Å². The second kappa shape index (κ2) is 8.14. The number of nitrogens with zero attached hydrogens (tertiary/aromatic N) is 3. The van der Waals surface area contributed by atoms with Crippen LogP contribution < -0.4 is 5.32 Å². The van der Waals surface area contributed by atoms with Crippen molar-refractivity contribution in [2.75, 3.05) is 6.54 Å². The molecule has 1 N–H and O–H groups in total. The van der Waals surface area contributed by atoms with E-state index in [9.17, 15) is 9.18 Å². The van der Waals surface area contributed by atoms with Crippen LogP contribution in [0.3, 0.4) is 0 Å². The van der Waals surface area contributed by atoms with Crippen LogP contribution in [0.15, 0.2) is 53.2 Å². The lowest BCUT2D eigenvalue weighted by atomic mass is 10.1. The summed E-state index contributed by atoms with van der Waals surface area (Å²) in [5.74, 6) is 0.471. The van der Waals surface area contributed by atoms with Gasteiger partial charge in [-0.1, -0.05) is 12.1 Å². The number of aryl methyl sites for hydroxylation is 1. The van der Waals surface area contributed by atoms with Crippen LogP contribution in [0.2, 0.25) is 0 Å². The van der Waals surface area contributed by atoms with Crippen LogP contribution >= 0.6 is 0 Å². The lowest BCUT2D eigenvalue weighted by Gasteiger charge is -2.04. The summed E-state index contributed by atoms with van der Waals surface area (Å²) < 4.78 is 18.4. The fraction of sp³-hybridized carbons (Fsp3) is 0.222. The number of carbonyl (C=O) groups excluding carboxylic acids is 1. The summed E-state index contributed by atoms with van der Waals surface area (Å²) in [6.07, 6.45) is 4.59. The Morgan fingerprint density at radius 2 is 1.80 bits per heavy atom. The monoisotopic (exact) mass is 340 g/mol. The van der Waals surface area contributed by atoms with Crippen molar-refractivity contribution >= 4 is 5.91 Å². The van der Waals surface area contributed by atoms with Crippen LogP contribution in [0.5, 0.6) is 0 Å². The highest BCUT2D eigenvalue weighted by molar-refractivity contribution is 5.76. The maximum absolute atomic E-state index is 12.8. The number of aromatic nitrogens is 3. The molecule has 25 heavy (non-hydrogen) atoms. The van der Waals surface area contributed by atoms with Crippen LogP contribution in [-0.4, -0.2) is 27.6 Å². The lowest BCUT2D eigenvalue weighted by molar-refractivity contribution is -0.121. The van der Waals surface area contributed by atoms with Crippen molar-refractivity contribution in [1.82, 2.24) is 20.5 Å². The first-order chi connectivity index (χ1) is 12.2. The summed E-state index contributed by atoms with van der Waals surface area (Å²) in [6, 6.07) is 9.79. The standard InChI is InChI=1S/C18H17FN4O2/c19-15-3-1-13(2-4-15)7-12-21-16(24)5-6-17-22-23-18(25-17)14-8-10-20-11-9-14/h1-4,8-11H,5-7,12H2,(H,21,24). The zero-order valence-electron chi connectivity index (χ0n) is 13.5. The predicted molar refractivity (Wildman–Crippen MR) is 89.0 cm³/mol. The second-order valence-electron chi connectivity index (χ2n) is 5.46. The van der Waals surface area contributed by atoms with Gasteiger partial charge in [0.25, 0.3) is 0 Å². The van der Waals surface area contributed by atoms with Crippen molar-refractivity contribution in [2.24, 2.45) is 0 Å². The van der Waals surface area contributed by atoms with E-state index in [0.29, 0.717) is 31.2 Å². The molecular formula is C18H17FN4O2. The van der Waals surface area contributed by atoms with Crippen molar-refractivity contribution in [2.45, 2.75) is 19.3 Å². The zero-order valence-corrected chi connectivity index (χ0v) is 13.5. The van der Waals surface area contributed by atoms with E-state index < -0.39 is 0 Å². The number of hydrogen-bond acceptors (Lipinski definition) is 5. The summed E-state index contributed by atoms with van der Waals surface area (Å²) in [5.41, 5.74) is 1.76. The number of amides is 1. The van der Waals surface area contributed by atoms with Gasteiger partial charge in [0, 0.05) is 37.3 Å². The topological polar surface area (TPSA) is 80.9 Å². The average Bonchev–Trinajstić information content (AvgIpc) is 3.11. The fourth-order valence-corrected chi connectivity index (χ4v) is 2.27. The third-order valence-electron chi connectivity index (χ3n) is 3.61. The van der Waals surface area contributed by atoms with Gasteiger partial charge in [-0.3, -0.25) is 9.78 Å². The highest BCUT2D eigenvalue weighted by Crippen LogP contribution is 2.16. The first-order valence-corrected chi connectivity index (χ1v) is 7.94. The number of carbonyl (C=O) groups is 1. The summed E-state index contributed by atoms with van der Waals surface area (Å²) in [5, 5.41) is 10.7. The molecule has 1 amide bonds. The molecule has 0 saturated carbocycles. The van der Waals surface area contributed by atoms with E-state index in [2.05, 4.69) is 20.5 Å². The molecule has 2 aromatic heterocycles. The van der Waals surface area contributed by atoms with E-state index in [4.69, 9.17) is 4.42 Å². The first-order valence-electron chi connectivity index (χ1n) is 7.94. The molecule has 3 aromatic rings. The average molecular weight is 340 g/mol. The molecule has 0 spiro atoms. The van der Waals surface area contributed by atoms with E-state index in [0.717, 1.165) is 11.1 Å². The minimum Gasteiger partial charge on any atom is -0.421 e. The van der Waals surface area contributed by atoms with Gasteiger partial charge in [-0.2, -0.15) is 0 Å². The molecule has 0 unspecified atom stereocenters. The molecule has 0 aliphatic heterocycles. The minimum absolute atomic E-state index is 0.0919. The Kier molecular flexibility index (Phi) is 5.46. The number of nitrogens with one attached hydrogen (secondary N) is 1. The Labute approximate surface area is 144 Å². The molecule has 0 radical (unpaired) electrons. The van der Waals surface area contributed by atoms with Crippen LogP contribution in [-0.2, 0) is 17.6 Å². The number of rotatable bonds is 7. The molecule has 0 saturated heterocycles. The van der Waals surface area contributed by atoms with Crippen LogP contribution in [0.1, 0.15) is 17.9 Å². The van der Waals surface area contributed by atoms with Crippen molar-refractivity contribution in [3.8, 4) is 11.5 Å². The van der Waals surface area contributed by atoms with Crippen LogP contribution in [0, 0.1) is 5.82 Å². The van der Waals surface area contributed by atoms with Crippen LogP contribution in [0.4, 0.5) is 4.39 Å². The normalized spacial score (nSPS) is 10.6. The highest BCUT2D eigenvalue weighted by atomic mass is 19.1. The van der Waals surface area contributed by atoms with Gasteiger partial charge < -0.3 is 9.73 Å². The van der Waals surface area contributed by atoms with Crippen molar-refractivity contribution in [3.05, 3.63) is 66.1 Å². The number of halogens is 1. The second-order valence-corrected chi connectivity index (χ2v) is 5.46. The summed E-state index contributed by atoms with van der Waals surface area (Å²) in [7, 11) is 0. The maximum atomic E-state index is 12.8. The lowest BCUT2D eigenvalue weighted by Crippen LogP contribution is -2.25. The SMILES string of the molecule is O=C(CCc1nnc(-c2ccncc2)o1)NCCc1ccc(F)cc1. The van der Waals surface area contributed by atoms with Crippen molar-refractivity contribution < 1.29 is 13.6 Å². The summed E-state index contributed by atoms with van der Waals surface area (Å²) >= 11 is 0. The van der Waals surface area contributed by atoms with Gasteiger partial charge in [-0.15, -0.1) is 10.2 Å². The van der Waals surface area contributed by atoms with E-state index in [1.54, 1.807) is 36.7 Å². The summed E-state index contributed by atoms with van der Waals surface area (Å²) in [4.78, 5) is 15.8. The Morgan fingerprint density at radius 3 is 2.56 bits per heavy atom. The Balaban J connectivity index is 1.42. The smallest absolute Gasteiger partial charge is 0.247 e. The van der Waals surface area contributed by atoms with Gasteiger partial charge in [-0.05, 0) is 36.2 Å². The fourth-order valence-electron chi connectivity index (χ4n) is 2.27. The molecule has 2 heterocycles. The maximum Gasteiger partial charge on any atom is 0.247 e. The van der Waals surface area contributed by atoms with Crippen molar-refractivity contribution in [1.29, 1.82) is 0 Å². The van der Waals surface area contributed by atoms with Gasteiger partial charge in [-0.25, -0.2) is 4.39 Å². The Bertz CT molecular complexity index is 819. The molecule has 7 heteroatoms. The molecule has 6 nitrogen and oxygen atoms in total. The molecule has 0 aliphatic rings. The third kappa shape index (κ3) is 4.94. The van der Waals surface area contributed by atoms with E-state index in [1.165, 1.54) is 12.1 Å².